The van der Waals surface area contributed by atoms with Crippen molar-refractivity contribution in [2.75, 3.05) is 13.1 Å². The average molecular weight is 427 g/mol. The number of nitrogens with one attached hydrogen (secondary N) is 1. The lowest BCUT2D eigenvalue weighted by Crippen LogP contribution is -2.44. The van der Waals surface area contributed by atoms with Crippen LogP contribution in [-0.4, -0.2) is 40.0 Å². The van der Waals surface area contributed by atoms with Gasteiger partial charge in [-0.05, 0) is 42.5 Å². The van der Waals surface area contributed by atoms with Crippen molar-refractivity contribution in [2.24, 2.45) is 0 Å². The fourth-order valence-electron chi connectivity index (χ4n) is 4.18. The minimum absolute atomic E-state index is 0.0619. The van der Waals surface area contributed by atoms with Crippen LogP contribution in [0.2, 0.25) is 0 Å². The summed E-state index contributed by atoms with van der Waals surface area (Å²) in [5, 5.41) is 3.21. The first-order valence-corrected chi connectivity index (χ1v) is 11.1. The van der Waals surface area contributed by atoms with Crippen LogP contribution in [0.15, 0.2) is 78.8 Å². The molecule has 32 heavy (non-hydrogen) atoms. The summed E-state index contributed by atoms with van der Waals surface area (Å²) in [4.78, 5) is 22.8. The van der Waals surface area contributed by atoms with Crippen LogP contribution < -0.4 is 10.1 Å². The average Bonchev–Trinajstić information content (AvgIpc) is 3.60. The molecule has 2 aromatic carbocycles. The van der Waals surface area contributed by atoms with E-state index in [1.807, 2.05) is 29.2 Å². The Kier molecular flexibility index (Phi) is 5.83. The molecule has 2 atom stereocenters. The van der Waals surface area contributed by atoms with Gasteiger partial charge in [0.05, 0.1) is 6.20 Å². The van der Waals surface area contributed by atoms with E-state index in [-0.39, 0.29) is 12.1 Å². The van der Waals surface area contributed by atoms with E-state index < -0.39 is 0 Å². The minimum Gasteiger partial charge on any atom is -0.437 e. The molecule has 162 valence electrons. The summed E-state index contributed by atoms with van der Waals surface area (Å²) in [6, 6.07) is 18.7. The number of hydrogen-bond donors (Lipinski definition) is 1. The Morgan fingerprint density at radius 1 is 1.06 bits per heavy atom. The van der Waals surface area contributed by atoms with Gasteiger partial charge in [0.25, 0.3) is 0 Å². The predicted molar refractivity (Wildman–Crippen MR) is 123 cm³/mol. The van der Waals surface area contributed by atoms with E-state index in [0.29, 0.717) is 11.8 Å². The molecule has 2 aliphatic rings. The topological polar surface area (TPSA) is 67.4 Å². The van der Waals surface area contributed by atoms with Crippen LogP contribution in [-0.2, 0) is 0 Å². The highest BCUT2D eigenvalue weighted by Gasteiger charge is 2.40. The van der Waals surface area contributed by atoms with Crippen LogP contribution in [0.5, 0.6) is 11.6 Å². The van der Waals surface area contributed by atoms with Crippen molar-refractivity contribution in [3.63, 3.8) is 0 Å². The van der Waals surface area contributed by atoms with Crippen LogP contribution in [0.3, 0.4) is 0 Å². The van der Waals surface area contributed by atoms with Gasteiger partial charge >= 0.3 is 6.03 Å². The Morgan fingerprint density at radius 2 is 1.91 bits per heavy atom. The van der Waals surface area contributed by atoms with E-state index in [1.165, 1.54) is 11.1 Å². The van der Waals surface area contributed by atoms with E-state index in [9.17, 15) is 4.79 Å². The molecule has 1 aliphatic carbocycles. The number of benzene rings is 2. The maximum Gasteiger partial charge on any atom is 0.317 e. The zero-order valence-corrected chi connectivity index (χ0v) is 17.9. The highest BCUT2D eigenvalue weighted by Crippen LogP contribution is 2.40. The summed E-state index contributed by atoms with van der Waals surface area (Å²) in [6.07, 6.45) is 9.82. The number of hydrogen-bond acceptors (Lipinski definition) is 4. The summed E-state index contributed by atoms with van der Waals surface area (Å²) < 4.78 is 5.78. The fraction of sp³-hybridized carbons (Fsp3) is 0.269. The predicted octanol–water partition coefficient (Wildman–Crippen LogP) is 5.01. The molecule has 1 N–H and O–H groups in total. The van der Waals surface area contributed by atoms with Crippen molar-refractivity contribution in [3.8, 4) is 11.6 Å². The van der Waals surface area contributed by atoms with Crippen LogP contribution in [0.1, 0.15) is 36.3 Å². The quantitative estimate of drug-likeness (QED) is 0.622. The molecule has 1 saturated carbocycles. The van der Waals surface area contributed by atoms with Gasteiger partial charge < -0.3 is 15.0 Å². The van der Waals surface area contributed by atoms with E-state index in [2.05, 4.69) is 51.7 Å². The maximum absolute atomic E-state index is 12.7. The summed E-state index contributed by atoms with van der Waals surface area (Å²) in [5.41, 5.74) is 3.74. The Morgan fingerprint density at radius 3 is 2.69 bits per heavy atom. The Labute approximate surface area is 188 Å². The third kappa shape index (κ3) is 4.97. The van der Waals surface area contributed by atoms with Crippen molar-refractivity contribution in [3.05, 3.63) is 89.9 Å². The summed E-state index contributed by atoms with van der Waals surface area (Å²) in [6.45, 7) is 1.49. The summed E-state index contributed by atoms with van der Waals surface area (Å²) in [7, 11) is 0. The molecule has 0 bridgehead atoms. The van der Waals surface area contributed by atoms with Gasteiger partial charge in [-0.3, -0.25) is 4.98 Å². The SMILES string of the molecule is O=C(NC1CC1c1ccccc1)N1CCC(=Cc2cccc(Oc3cnccn3)c2)CC1. The van der Waals surface area contributed by atoms with Crippen LogP contribution >= 0.6 is 0 Å². The number of amides is 2. The number of aromatic nitrogens is 2. The molecule has 1 aliphatic heterocycles. The van der Waals surface area contributed by atoms with Crippen LogP contribution in [0.25, 0.3) is 6.08 Å². The second-order valence-electron chi connectivity index (χ2n) is 8.32. The first-order valence-electron chi connectivity index (χ1n) is 11.1. The number of urea groups is 1. The second-order valence-corrected chi connectivity index (χ2v) is 8.32. The molecule has 6 nitrogen and oxygen atoms in total. The first-order chi connectivity index (χ1) is 15.7. The van der Waals surface area contributed by atoms with E-state index >= 15 is 0 Å². The molecule has 3 aromatic rings. The second kappa shape index (κ2) is 9.22. The monoisotopic (exact) mass is 426 g/mol. The highest BCUT2D eigenvalue weighted by atomic mass is 16.5. The van der Waals surface area contributed by atoms with E-state index in [4.69, 9.17) is 4.74 Å². The van der Waals surface area contributed by atoms with Gasteiger partial charge in [-0.1, -0.05) is 54.1 Å². The zero-order chi connectivity index (χ0) is 21.8. The third-order valence-electron chi connectivity index (χ3n) is 6.01. The molecule has 2 heterocycles. The van der Waals surface area contributed by atoms with Gasteiger partial charge in [0.15, 0.2) is 0 Å². The van der Waals surface area contributed by atoms with Crippen molar-refractivity contribution in [1.29, 1.82) is 0 Å². The van der Waals surface area contributed by atoms with Crippen molar-refractivity contribution in [2.45, 2.75) is 31.2 Å². The summed E-state index contributed by atoms with van der Waals surface area (Å²) in [5.74, 6) is 1.66. The first kappa shape index (κ1) is 20.2. The van der Waals surface area contributed by atoms with Crippen LogP contribution in [0.4, 0.5) is 4.79 Å². The highest BCUT2D eigenvalue weighted by molar-refractivity contribution is 5.75. The molecular formula is C26H26N4O2. The van der Waals surface area contributed by atoms with Crippen molar-refractivity contribution >= 4 is 12.1 Å². The van der Waals surface area contributed by atoms with Gasteiger partial charge in [-0.2, -0.15) is 0 Å². The molecule has 2 fully saturated rings. The largest absolute Gasteiger partial charge is 0.437 e. The smallest absolute Gasteiger partial charge is 0.317 e. The molecule has 2 unspecified atom stereocenters. The van der Waals surface area contributed by atoms with Crippen LogP contribution in [0, 0.1) is 0 Å². The lowest BCUT2D eigenvalue weighted by molar-refractivity contribution is 0.193. The Balaban J connectivity index is 1.13. The summed E-state index contributed by atoms with van der Waals surface area (Å²) >= 11 is 0. The molecule has 6 heteroatoms. The molecule has 2 amide bonds. The molecule has 5 rings (SSSR count). The third-order valence-corrected chi connectivity index (χ3v) is 6.01. The molecule has 1 saturated heterocycles. The molecule has 1 aromatic heterocycles. The van der Waals surface area contributed by atoms with Crippen molar-refractivity contribution < 1.29 is 9.53 Å². The number of nitrogens with zero attached hydrogens (tertiary/aromatic N) is 3. The molecule has 0 radical (unpaired) electrons. The number of piperidine rings is 1. The number of carbonyl (C=O) groups is 1. The number of carbonyl (C=O) groups excluding carboxylic acids is 1. The number of rotatable bonds is 5. The van der Waals surface area contributed by atoms with Gasteiger partial charge in [-0.25, -0.2) is 9.78 Å². The molecule has 0 spiro atoms. The zero-order valence-electron chi connectivity index (χ0n) is 17.9. The fourth-order valence-corrected chi connectivity index (χ4v) is 4.18. The van der Waals surface area contributed by atoms with Gasteiger partial charge in [0.1, 0.15) is 5.75 Å². The van der Waals surface area contributed by atoms with E-state index in [0.717, 1.165) is 43.7 Å². The number of ether oxygens (including phenoxy) is 1. The number of likely N-dealkylation sites (tertiary alicyclic amines) is 1. The molecular weight excluding hydrogens is 400 g/mol. The lowest BCUT2D eigenvalue weighted by atomic mass is 10.0. The lowest BCUT2D eigenvalue weighted by Gasteiger charge is -2.28. The van der Waals surface area contributed by atoms with E-state index in [1.54, 1.807) is 18.6 Å². The van der Waals surface area contributed by atoms with Gasteiger partial charge in [-0.15, -0.1) is 0 Å². The van der Waals surface area contributed by atoms with Gasteiger partial charge in [0, 0.05) is 37.4 Å². The van der Waals surface area contributed by atoms with Gasteiger partial charge in [0.2, 0.25) is 5.88 Å². The minimum atomic E-state index is 0.0619. The Bertz CT molecular complexity index is 1090. The normalized spacial score (nSPS) is 19.9. The maximum atomic E-state index is 12.7. The van der Waals surface area contributed by atoms with Crippen molar-refractivity contribution in [1.82, 2.24) is 20.2 Å². The standard InChI is InChI=1S/C26H26N4O2/c31-26(29-24-17-23(24)21-6-2-1-3-7-21)30-13-9-19(10-14-30)15-20-5-4-8-22(16-20)32-25-18-27-11-12-28-25/h1-8,11-12,15-16,18,23-24H,9-10,13-14,17H2,(H,29,31). The Hall–Kier alpha value is -3.67.